The normalized spacial score (nSPS) is 10.9. The lowest BCUT2D eigenvalue weighted by Gasteiger charge is -2.05. The monoisotopic (exact) mass is 400 g/mol. The van der Waals surface area contributed by atoms with Gasteiger partial charge in [0.15, 0.2) is 5.82 Å². The van der Waals surface area contributed by atoms with E-state index in [0.29, 0.717) is 27.1 Å². The fraction of sp³-hybridized carbons (Fsp3) is 0.0588. The van der Waals surface area contributed by atoms with Gasteiger partial charge in [0.05, 0.1) is 17.8 Å². The third kappa shape index (κ3) is 3.88. The standard InChI is InChI=1S/C17H10ClFN6OS/c18-12-4-11(6-21-7-12)17-22-16(24-27-17)14-1-2-15(26)25(23-14)9-10-3-13(19)8-20-5-10/h1-8H,9H2. The molecule has 0 fully saturated rings. The summed E-state index contributed by atoms with van der Waals surface area (Å²) < 4.78 is 18.8. The van der Waals surface area contributed by atoms with Crippen LogP contribution in [0.15, 0.2) is 53.8 Å². The highest BCUT2D eigenvalue weighted by Crippen LogP contribution is 2.25. The maximum Gasteiger partial charge on any atom is 0.267 e. The molecule has 0 aliphatic rings. The largest absolute Gasteiger partial charge is 0.268 e. The molecular formula is C17H10ClFN6OS. The summed E-state index contributed by atoms with van der Waals surface area (Å²) in [6.07, 6.45) is 5.75. The topological polar surface area (TPSA) is 86.5 Å². The quantitative estimate of drug-likeness (QED) is 0.523. The Balaban J connectivity index is 1.66. The van der Waals surface area contributed by atoms with Crippen LogP contribution in [0.3, 0.4) is 0 Å². The third-order valence-electron chi connectivity index (χ3n) is 3.57. The molecule has 0 radical (unpaired) electrons. The average molecular weight is 401 g/mol. The van der Waals surface area contributed by atoms with Crippen LogP contribution in [0.2, 0.25) is 5.02 Å². The lowest BCUT2D eigenvalue weighted by molar-refractivity contribution is 0.604. The van der Waals surface area contributed by atoms with Gasteiger partial charge in [0.1, 0.15) is 16.5 Å². The summed E-state index contributed by atoms with van der Waals surface area (Å²) >= 11 is 7.13. The van der Waals surface area contributed by atoms with E-state index < -0.39 is 5.82 Å². The molecule has 0 bridgehead atoms. The molecule has 0 aliphatic heterocycles. The molecule has 4 aromatic rings. The van der Waals surface area contributed by atoms with Crippen molar-refractivity contribution in [2.24, 2.45) is 0 Å². The van der Waals surface area contributed by atoms with Gasteiger partial charge in [-0.15, -0.1) is 0 Å². The first kappa shape index (κ1) is 17.4. The predicted molar refractivity (Wildman–Crippen MR) is 98.9 cm³/mol. The Morgan fingerprint density at radius 3 is 2.78 bits per heavy atom. The maximum atomic E-state index is 13.3. The minimum atomic E-state index is -0.474. The zero-order chi connectivity index (χ0) is 18.8. The van der Waals surface area contributed by atoms with E-state index in [-0.39, 0.29) is 12.1 Å². The minimum absolute atomic E-state index is 0.0899. The maximum absolute atomic E-state index is 13.3. The molecule has 0 unspecified atom stereocenters. The molecule has 0 aliphatic carbocycles. The van der Waals surface area contributed by atoms with Crippen LogP contribution >= 0.6 is 23.1 Å². The number of aromatic nitrogens is 6. The van der Waals surface area contributed by atoms with Gasteiger partial charge in [0.2, 0.25) is 0 Å². The molecule has 0 N–H and O–H groups in total. The fourth-order valence-corrected chi connectivity index (χ4v) is 3.20. The van der Waals surface area contributed by atoms with Crippen LogP contribution in [-0.2, 0) is 6.54 Å². The van der Waals surface area contributed by atoms with Gasteiger partial charge in [-0.3, -0.25) is 14.8 Å². The van der Waals surface area contributed by atoms with Crippen LogP contribution in [0, 0.1) is 5.82 Å². The van der Waals surface area contributed by atoms with E-state index in [9.17, 15) is 9.18 Å². The van der Waals surface area contributed by atoms with Crippen LogP contribution < -0.4 is 5.56 Å². The Morgan fingerprint density at radius 2 is 1.96 bits per heavy atom. The second kappa shape index (κ2) is 7.29. The predicted octanol–water partition coefficient (Wildman–Crippen LogP) is 3.06. The van der Waals surface area contributed by atoms with Crippen LogP contribution in [0.1, 0.15) is 5.56 Å². The molecule has 7 nitrogen and oxygen atoms in total. The Morgan fingerprint density at radius 1 is 1.11 bits per heavy atom. The summed E-state index contributed by atoms with van der Waals surface area (Å²) in [5.41, 5.74) is 1.37. The molecule has 0 spiro atoms. The number of hydrogen-bond donors (Lipinski definition) is 0. The molecular weight excluding hydrogens is 391 g/mol. The van der Waals surface area contributed by atoms with Gasteiger partial charge in [-0.05, 0) is 35.3 Å². The zero-order valence-electron chi connectivity index (χ0n) is 13.6. The Bertz CT molecular complexity index is 1180. The van der Waals surface area contributed by atoms with Crippen molar-refractivity contribution in [3.8, 4) is 22.1 Å². The van der Waals surface area contributed by atoms with Crippen molar-refractivity contribution >= 4 is 23.1 Å². The molecule has 4 aromatic heterocycles. The van der Waals surface area contributed by atoms with Crippen molar-refractivity contribution in [3.63, 3.8) is 0 Å². The third-order valence-corrected chi connectivity index (χ3v) is 4.54. The summed E-state index contributed by atoms with van der Waals surface area (Å²) in [4.78, 5) is 24.3. The zero-order valence-corrected chi connectivity index (χ0v) is 15.2. The summed E-state index contributed by atoms with van der Waals surface area (Å²) in [7, 11) is 0. The lowest BCUT2D eigenvalue weighted by atomic mass is 10.3. The van der Waals surface area contributed by atoms with Crippen LogP contribution in [0.25, 0.3) is 22.1 Å². The highest BCUT2D eigenvalue weighted by atomic mass is 35.5. The van der Waals surface area contributed by atoms with Gasteiger partial charge >= 0.3 is 0 Å². The molecule has 4 rings (SSSR count). The van der Waals surface area contributed by atoms with Crippen molar-refractivity contribution in [2.75, 3.05) is 0 Å². The summed E-state index contributed by atoms with van der Waals surface area (Å²) in [5.74, 6) is -0.0984. The van der Waals surface area contributed by atoms with Crippen molar-refractivity contribution in [1.82, 2.24) is 29.1 Å². The molecule has 0 atom stereocenters. The number of rotatable bonds is 4. The van der Waals surface area contributed by atoms with E-state index in [1.165, 1.54) is 40.7 Å². The number of halogens is 2. The number of pyridine rings is 2. The van der Waals surface area contributed by atoms with Crippen molar-refractivity contribution in [3.05, 3.63) is 75.8 Å². The molecule has 4 heterocycles. The van der Waals surface area contributed by atoms with Gasteiger partial charge in [-0.2, -0.15) is 9.47 Å². The molecule has 0 amide bonds. The number of nitrogens with zero attached hydrogens (tertiary/aromatic N) is 6. The molecule has 0 saturated heterocycles. The van der Waals surface area contributed by atoms with Crippen molar-refractivity contribution in [2.45, 2.75) is 6.54 Å². The molecule has 0 saturated carbocycles. The first-order valence-corrected chi connectivity index (χ1v) is 8.86. The lowest BCUT2D eigenvalue weighted by Crippen LogP contribution is -2.23. The highest BCUT2D eigenvalue weighted by molar-refractivity contribution is 7.09. The van der Waals surface area contributed by atoms with Crippen molar-refractivity contribution in [1.29, 1.82) is 0 Å². The van der Waals surface area contributed by atoms with E-state index in [1.54, 1.807) is 18.3 Å². The molecule has 27 heavy (non-hydrogen) atoms. The van der Waals surface area contributed by atoms with Gasteiger partial charge in [-0.25, -0.2) is 14.1 Å². The second-order valence-electron chi connectivity index (χ2n) is 5.54. The van der Waals surface area contributed by atoms with E-state index in [2.05, 4.69) is 24.4 Å². The van der Waals surface area contributed by atoms with E-state index in [0.717, 1.165) is 11.8 Å². The molecule has 134 valence electrons. The fourth-order valence-electron chi connectivity index (χ4n) is 2.37. The Hall–Kier alpha value is -3.04. The number of hydrogen-bond acceptors (Lipinski definition) is 7. The van der Waals surface area contributed by atoms with Crippen LogP contribution in [0.5, 0.6) is 0 Å². The van der Waals surface area contributed by atoms with E-state index in [1.807, 2.05) is 0 Å². The average Bonchev–Trinajstić information content (AvgIpc) is 3.14. The van der Waals surface area contributed by atoms with E-state index >= 15 is 0 Å². The molecule has 0 aromatic carbocycles. The Labute approximate surface area is 161 Å². The van der Waals surface area contributed by atoms with Gasteiger partial charge in [0, 0.05) is 30.2 Å². The molecule has 10 heteroatoms. The van der Waals surface area contributed by atoms with Gasteiger partial charge in [-0.1, -0.05) is 11.6 Å². The van der Waals surface area contributed by atoms with Crippen molar-refractivity contribution < 1.29 is 4.39 Å². The van der Waals surface area contributed by atoms with E-state index in [4.69, 9.17) is 11.6 Å². The summed E-state index contributed by atoms with van der Waals surface area (Å²) in [6, 6.07) is 5.96. The van der Waals surface area contributed by atoms with Crippen LogP contribution in [0.4, 0.5) is 4.39 Å². The first-order valence-electron chi connectivity index (χ1n) is 7.71. The minimum Gasteiger partial charge on any atom is -0.268 e. The highest BCUT2D eigenvalue weighted by Gasteiger charge is 2.12. The second-order valence-corrected chi connectivity index (χ2v) is 6.73. The van der Waals surface area contributed by atoms with Gasteiger partial charge in [0.25, 0.3) is 5.56 Å². The van der Waals surface area contributed by atoms with Gasteiger partial charge < -0.3 is 0 Å². The summed E-state index contributed by atoms with van der Waals surface area (Å²) in [6.45, 7) is 0.0899. The first-order chi connectivity index (χ1) is 13.1. The smallest absolute Gasteiger partial charge is 0.267 e. The van der Waals surface area contributed by atoms with Crippen LogP contribution in [-0.4, -0.2) is 29.1 Å². The summed E-state index contributed by atoms with van der Waals surface area (Å²) in [5, 5.41) is 5.42. The Kier molecular flexibility index (Phi) is 4.69. The SMILES string of the molecule is O=c1ccc(-c2nsc(-c3cncc(Cl)c3)n2)nn1Cc1cncc(F)c1.